The van der Waals surface area contributed by atoms with Gasteiger partial charge in [-0.2, -0.15) is 4.37 Å². The molecule has 0 aliphatic rings. The molecule has 38 heavy (non-hydrogen) atoms. The number of carbonyl (C=O) groups is 1. The number of carbonyl (C=O) groups excluding carboxylic acids is 1. The predicted octanol–water partition coefficient (Wildman–Crippen LogP) is 5.83. The first-order valence-corrected chi connectivity index (χ1v) is 13.2. The van der Waals surface area contributed by atoms with Gasteiger partial charge in [0, 0.05) is 41.2 Å². The molecule has 3 aromatic carbocycles. The molecule has 0 atom stereocenters. The number of rotatable bonds is 7. The Balaban J connectivity index is 1.51. The van der Waals surface area contributed by atoms with E-state index in [4.69, 9.17) is 20.9 Å². The van der Waals surface area contributed by atoms with Gasteiger partial charge in [0.2, 0.25) is 11.0 Å². The van der Waals surface area contributed by atoms with E-state index in [2.05, 4.69) is 19.8 Å². The summed E-state index contributed by atoms with van der Waals surface area (Å²) in [5.41, 5.74) is 1.32. The number of benzene rings is 3. The highest BCUT2D eigenvalue weighted by molar-refractivity contribution is 7.93. The Kier molecular flexibility index (Phi) is 6.69. The van der Waals surface area contributed by atoms with Gasteiger partial charge in [-0.3, -0.25) is 9.52 Å². The van der Waals surface area contributed by atoms with E-state index in [1.165, 1.54) is 19.1 Å². The molecule has 5 rings (SSSR count). The molecule has 0 aliphatic carbocycles. The van der Waals surface area contributed by atoms with Gasteiger partial charge >= 0.3 is 0 Å². The molecule has 2 heterocycles. The molecule has 0 spiro atoms. The third-order valence-electron chi connectivity index (χ3n) is 5.10. The van der Waals surface area contributed by atoms with Crippen LogP contribution in [0.5, 0.6) is 11.5 Å². The summed E-state index contributed by atoms with van der Waals surface area (Å²) in [6.07, 6.45) is 1.11. The highest BCUT2D eigenvalue weighted by Crippen LogP contribution is 2.39. The van der Waals surface area contributed by atoms with Crippen LogP contribution in [0.3, 0.4) is 0 Å². The van der Waals surface area contributed by atoms with Crippen molar-refractivity contribution < 1.29 is 31.3 Å². The number of anilines is 2. The van der Waals surface area contributed by atoms with Crippen molar-refractivity contribution in [2.45, 2.75) is 11.8 Å². The fourth-order valence-electron chi connectivity index (χ4n) is 3.48. The Bertz CT molecular complexity index is 1800. The molecule has 0 saturated carbocycles. The molecule has 0 fully saturated rings. The van der Waals surface area contributed by atoms with Crippen LogP contribution in [0, 0.1) is 11.6 Å². The number of amides is 1. The molecule has 0 unspecified atom stereocenters. The third kappa shape index (κ3) is 5.14. The number of nitrogens with zero attached hydrogens (tertiary/aromatic N) is 3. The summed E-state index contributed by atoms with van der Waals surface area (Å²) in [4.78, 5) is 14.2. The molecule has 0 radical (unpaired) electrons. The molecule has 194 valence electrons. The van der Waals surface area contributed by atoms with Gasteiger partial charge in [0.25, 0.3) is 10.0 Å². The van der Waals surface area contributed by atoms with Crippen LogP contribution in [-0.2, 0) is 14.8 Å². The Hall–Kier alpha value is -4.14. The van der Waals surface area contributed by atoms with E-state index in [1.807, 2.05) is 4.72 Å². The summed E-state index contributed by atoms with van der Waals surface area (Å²) < 4.78 is 71.5. The smallest absolute Gasteiger partial charge is 0.266 e. The van der Waals surface area contributed by atoms with Crippen molar-refractivity contribution in [2.75, 3.05) is 10.0 Å². The second kappa shape index (κ2) is 9.96. The van der Waals surface area contributed by atoms with E-state index in [9.17, 15) is 22.0 Å². The number of hydrogen-bond donors (Lipinski definition) is 2. The molecule has 2 aromatic heterocycles. The van der Waals surface area contributed by atoms with Crippen LogP contribution in [0.4, 0.5) is 19.7 Å². The van der Waals surface area contributed by atoms with Crippen molar-refractivity contribution in [2.24, 2.45) is 0 Å². The lowest BCUT2D eigenvalue weighted by Crippen LogP contribution is -2.15. The van der Waals surface area contributed by atoms with Crippen molar-refractivity contribution in [1.82, 2.24) is 14.5 Å². The Labute approximate surface area is 222 Å². The molecule has 5 aromatic rings. The van der Waals surface area contributed by atoms with E-state index in [0.717, 1.165) is 17.9 Å². The van der Waals surface area contributed by atoms with Gasteiger partial charge in [-0.25, -0.2) is 22.2 Å². The van der Waals surface area contributed by atoms with E-state index in [1.54, 1.807) is 24.3 Å². The molecule has 15 heteroatoms. The highest BCUT2D eigenvalue weighted by Gasteiger charge is 2.24. The Morgan fingerprint density at radius 3 is 2.63 bits per heavy atom. The summed E-state index contributed by atoms with van der Waals surface area (Å²) in [5.74, 6) is -3.00. The molecular formula is C23H14ClF2N5O5S2. The summed E-state index contributed by atoms with van der Waals surface area (Å²) in [6.45, 7) is 1.32. The van der Waals surface area contributed by atoms with Crippen LogP contribution < -0.4 is 14.8 Å². The van der Waals surface area contributed by atoms with Crippen molar-refractivity contribution in [3.05, 3.63) is 71.5 Å². The summed E-state index contributed by atoms with van der Waals surface area (Å²) in [5, 5.41) is 7.10. The maximum Gasteiger partial charge on any atom is 0.266 e. The maximum absolute atomic E-state index is 15.0. The van der Waals surface area contributed by atoms with Crippen LogP contribution in [0.2, 0.25) is 5.02 Å². The normalized spacial score (nSPS) is 11.5. The van der Waals surface area contributed by atoms with E-state index in [-0.39, 0.29) is 22.6 Å². The second-order valence-electron chi connectivity index (χ2n) is 7.73. The fraction of sp³-hybridized carbons (Fsp3) is 0.0435. The van der Waals surface area contributed by atoms with Crippen molar-refractivity contribution >= 4 is 61.0 Å². The third-order valence-corrected chi connectivity index (χ3v) is 7.39. The van der Waals surface area contributed by atoms with Gasteiger partial charge in [-0.1, -0.05) is 22.8 Å². The van der Waals surface area contributed by atoms with Crippen LogP contribution >= 0.6 is 23.1 Å². The lowest BCUT2D eigenvalue weighted by atomic mass is 10.0. The zero-order chi connectivity index (χ0) is 27.0. The SMILES string of the molecule is CC(=O)Nc1noc2ccc(-c3cc(Cl)ccc3Oc3cc(F)c(S(=O)(=O)Nc4ncns4)cc3F)cc12. The molecule has 10 nitrogen and oxygen atoms in total. The zero-order valence-corrected chi connectivity index (χ0v) is 21.4. The summed E-state index contributed by atoms with van der Waals surface area (Å²) in [7, 11) is -4.49. The molecule has 1 amide bonds. The molecule has 2 N–H and O–H groups in total. The Morgan fingerprint density at radius 2 is 1.89 bits per heavy atom. The minimum Gasteiger partial charge on any atom is -0.454 e. The standard InChI is InChI=1S/C23H14ClF2N5O5S2/c1-11(32)29-22-15-6-12(2-4-19(15)36-30-22)14-7-13(24)3-5-18(14)35-20-8-17(26)21(9-16(20)25)38(33,34)31-23-27-10-28-37-23/h2-10H,1H3,(H,27,28,31)(H,29,30,32). The van der Waals surface area contributed by atoms with Gasteiger partial charge in [-0.15, -0.1) is 0 Å². The lowest BCUT2D eigenvalue weighted by Gasteiger charge is -2.14. The first kappa shape index (κ1) is 25.5. The molecule has 0 aliphatic heterocycles. The van der Waals surface area contributed by atoms with Crippen molar-refractivity contribution in [3.63, 3.8) is 0 Å². The van der Waals surface area contributed by atoms with Crippen molar-refractivity contribution in [3.8, 4) is 22.6 Å². The van der Waals surface area contributed by atoms with Gasteiger partial charge in [-0.05, 0) is 35.9 Å². The van der Waals surface area contributed by atoms with Gasteiger partial charge in [0.1, 0.15) is 22.8 Å². The number of nitrogens with one attached hydrogen (secondary N) is 2. The van der Waals surface area contributed by atoms with Gasteiger partial charge in [0.05, 0.1) is 5.39 Å². The number of aromatic nitrogens is 3. The molecule has 0 bridgehead atoms. The van der Waals surface area contributed by atoms with Crippen LogP contribution in [-0.4, -0.2) is 28.8 Å². The number of sulfonamides is 1. The average Bonchev–Trinajstić information content (AvgIpc) is 3.51. The lowest BCUT2D eigenvalue weighted by molar-refractivity contribution is -0.114. The highest BCUT2D eigenvalue weighted by atomic mass is 35.5. The monoisotopic (exact) mass is 577 g/mol. The second-order valence-corrected chi connectivity index (χ2v) is 10.6. The summed E-state index contributed by atoms with van der Waals surface area (Å²) >= 11 is 6.92. The van der Waals surface area contributed by atoms with Gasteiger partial charge in [0.15, 0.2) is 23.0 Å². The van der Waals surface area contributed by atoms with Crippen LogP contribution in [0.25, 0.3) is 22.1 Å². The predicted molar refractivity (Wildman–Crippen MR) is 136 cm³/mol. The number of halogens is 3. The van der Waals surface area contributed by atoms with E-state index in [0.29, 0.717) is 39.3 Å². The topological polar surface area (TPSA) is 136 Å². The molecule has 0 saturated heterocycles. The number of hydrogen-bond acceptors (Lipinski definition) is 9. The minimum atomic E-state index is -4.49. The van der Waals surface area contributed by atoms with E-state index < -0.39 is 32.3 Å². The maximum atomic E-state index is 15.0. The van der Waals surface area contributed by atoms with Gasteiger partial charge < -0.3 is 14.6 Å². The van der Waals surface area contributed by atoms with Crippen molar-refractivity contribution in [1.29, 1.82) is 0 Å². The fourth-order valence-corrected chi connectivity index (χ4v) is 5.39. The number of ether oxygens (including phenoxy) is 1. The van der Waals surface area contributed by atoms with E-state index >= 15 is 0 Å². The Morgan fingerprint density at radius 1 is 1.08 bits per heavy atom. The average molecular weight is 578 g/mol. The van der Waals surface area contributed by atoms with Crippen LogP contribution in [0.1, 0.15) is 6.92 Å². The quantitative estimate of drug-likeness (QED) is 0.246. The number of fused-ring (bicyclic) bond motifs is 1. The first-order chi connectivity index (χ1) is 18.1. The minimum absolute atomic E-state index is 0.0900. The largest absolute Gasteiger partial charge is 0.454 e. The summed E-state index contributed by atoms with van der Waals surface area (Å²) in [6, 6.07) is 10.5. The molecular weight excluding hydrogens is 564 g/mol. The zero-order valence-electron chi connectivity index (χ0n) is 19.0. The van der Waals surface area contributed by atoms with Crippen LogP contribution in [0.15, 0.2) is 64.3 Å². The first-order valence-electron chi connectivity index (χ1n) is 10.5.